The predicted molar refractivity (Wildman–Crippen MR) is 108 cm³/mol. The summed E-state index contributed by atoms with van der Waals surface area (Å²) >= 11 is 0. The van der Waals surface area contributed by atoms with E-state index in [9.17, 15) is 19.6 Å². The summed E-state index contributed by atoms with van der Waals surface area (Å²) in [7, 11) is -1.64. The van der Waals surface area contributed by atoms with Crippen molar-refractivity contribution in [3.63, 3.8) is 0 Å². The Balaban J connectivity index is 2.81. The number of carbonyl (C=O) groups is 2. The summed E-state index contributed by atoms with van der Waals surface area (Å²) < 4.78 is 0. The summed E-state index contributed by atoms with van der Waals surface area (Å²) in [5.41, 5.74) is 0.927. The van der Waals surface area contributed by atoms with E-state index in [0.29, 0.717) is 19.3 Å². The molecule has 0 radical (unpaired) electrons. The number of carbonyl (C=O) groups excluding carboxylic acids is 2. The van der Waals surface area contributed by atoms with Crippen LogP contribution in [-0.2, 0) is 16.0 Å². The van der Waals surface area contributed by atoms with Gasteiger partial charge in [-0.15, -0.1) is 0 Å². The summed E-state index contributed by atoms with van der Waals surface area (Å²) in [5.74, 6) is -1.15. The van der Waals surface area contributed by atoms with Crippen molar-refractivity contribution in [1.82, 2.24) is 10.6 Å². The molecule has 7 heteroatoms. The monoisotopic (exact) mass is 376 g/mol. The van der Waals surface area contributed by atoms with Crippen LogP contribution in [0, 0.1) is 5.92 Å². The van der Waals surface area contributed by atoms with Gasteiger partial charge in [-0.3, -0.25) is 9.59 Å². The second-order valence-electron chi connectivity index (χ2n) is 7.43. The summed E-state index contributed by atoms with van der Waals surface area (Å²) in [4.78, 5) is 25.0. The number of benzene rings is 1. The van der Waals surface area contributed by atoms with Crippen LogP contribution >= 0.6 is 0 Å². The van der Waals surface area contributed by atoms with Crippen molar-refractivity contribution < 1.29 is 19.6 Å². The molecule has 6 nitrogen and oxygen atoms in total. The highest BCUT2D eigenvalue weighted by atomic mass is 16.4. The van der Waals surface area contributed by atoms with Crippen molar-refractivity contribution in [3.05, 3.63) is 35.9 Å². The van der Waals surface area contributed by atoms with Gasteiger partial charge in [-0.1, -0.05) is 63.9 Å². The molecule has 2 amide bonds. The smallest absolute Gasteiger partial charge is 0.426 e. The highest BCUT2D eigenvalue weighted by molar-refractivity contribution is 6.43. The lowest BCUT2D eigenvalue weighted by molar-refractivity contribution is -0.129. The van der Waals surface area contributed by atoms with Crippen molar-refractivity contribution >= 4 is 18.9 Å². The summed E-state index contributed by atoms with van der Waals surface area (Å²) in [6.45, 7) is 5.95. The van der Waals surface area contributed by atoms with E-state index in [1.807, 2.05) is 44.2 Å². The minimum atomic E-state index is -1.64. The molecule has 27 heavy (non-hydrogen) atoms. The molecule has 0 saturated carbocycles. The second-order valence-corrected chi connectivity index (χ2v) is 7.43. The van der Waals surface area contributed by atoms with Gasteiger partial charge in [0.15, 0.2) is 0 Å². The van der Waals surface area contributed by atoms with Crippen LogP contribution in [0.25, 0.3) is 0 Å². The first-order valence-electron chi connectivity index (χ1n) is 9.83. The number of hydrogen-bond acceptors (Lipinski definition) is 4. The van der Waals surface area contributed by atoms with Gasteiger partial charge in [0.2, 0.25) is 11.8 Å². The Labute approximate surface area is 162 Å². The first-order chi connectivity index (χ1) is 12.8. The predicted octanol–water partition coefficient (Wildman–Crippen LogP) is 1.84. The van der Waals surface area contributed by atoms with E-state index >= 15 is 0 Å². The Morgan fingerprint density at radius 3 is 2.30 bits per heavy atom. The molecule has 1 aromatic carbocycles. The molecule has 0 spiro atoms. The Morgan fingerprint density at radius 2 is 1.74 bits per heavy atom. The summed E-state index contributed by atoms with van der Waals surface area (Å²) in [6, 6.07) is 8.70. The fraction of sp³-hybridized carbons (Fsp3) is 0.600. The largest absolute Gasteiger partial charge is 0.475 e. The minimum absolute atomic E-state index is 0.163. The fourth-order valence-electron chi connectivity index (χ4n) is 2.91. The number of unbranched alkanes of at least 4 members (excludes halogenated alkanes) is 2. The van der Waals surface area contributed by atoms with Crippen molar-refractivity contribution in [3.8, 4) is 0 Å². The Hall–Kier alpha value is -1.86. The van der Waals surface area contributed by atoms with Crippen LogP contribution in [0.2, 0.25) is 0 Å². The number of hydrogen-bond donors (Lipinski definition) is 4. The average Bonchev–Trinajstić information content (AvgIpc) is 2.61. The molecule has 0 aliphatic rings. The van der Waals surface area contributed by atoms with Crippen molar-refractivity contribution in [2.45, 2.75) is 71.3 Å². The maximum atomic E-state index is 12.8. The Kier molecular flexibility index (Phi) is 10.7. The lowest BCUT2D eigenvalue weighted by Crippen LogP contribution is -2.55. The van der Waals surface area contributed by atoms with E-state index in [1.54, 1.807) is 0 Å². The van der Waals surface area contributed by atoms with Gasteiger partial charge in [0.25, 0.3) is 0 Å². The lowest BCUT2D eigenvalue weighted by atomic mass is 9.75. The number of nitrogens with one attached hydrogen (secondary N) is 2. The third-order valence-electron chi connectivity index (χ3n) is 4.35. The highest BCUT2D eigenvalue weighted by Gasteiger charge is 2.29. The maximum absolute atomic E-state index is 12.8. The van der Waals surface area contributed by atoms with Gasteiger partial charge in [0.1, 0.15) is 6.04 Å². The zero-order chi connectivity index (χ0) is 20.2. The fourth-order valence-corrected chi connectivity index (χ4v) is 2.91. The van der Waals surface area contributed by atoms with Crippen LogP contribution in [0.5, 0.6) is 0 Å². The molecule has 0 aliphatic heterocycles. The second kappa shape index (κ2) is 12.5. The first-order valence-corrected chi connectivity index (χ1v) is 9.83. The molecule has 150 valence electrons. The van der Waals surface area contributed by atoms with Crippen LogP contribution in [0.4, 0.5) is 0 Å². The summed E-state index contributed by atoms with van der Waals surface area (Å²) in [6.07, 6.45) is 3.94. The van der Waals surface area contributed by atoms with Gasteiger partial charge in [-0.2, -0.15) is 0 Å². The molecule has 0 fully saturated rings. The Bertz CT molecular complexity index is 566. The first kappa shape index (κ1) is 23.2. The van der Waals surface area contributed by atoms with E-state index in [1.165, 1.54) is 0 Å². The zero-order valence-corrected chi connectivity index (χ0v) is 16.6. The average molecular weight is 376 g/mol. The normalized spacial score (nSPS) is 13.1. The Morgan fingerprint density at radius 1 is 1.07 bits per heavy atom. The van der Waals surface area contributed by atoms with E-state index in [4.69, 9.17) is 0 Å². The van der Waals surface area contributed by atoms with Crippen LogP contribution in [0.1, 0.15) is 58.4 Å². The minimum Gasteiger partial charge on any atom is -0.426 e. The standard InChI is InChI=1S/C20H33BN2O4/c1-4-5-7-12-19(24)22-17(14-16-10-8-6-9-11-16)20(25)23-18(21(26)27)13-15(2)3/h6,8-11,15,17-18,26-27H,4-5,7,12-14H2,1-3H3,(H,22,24)(H,23,25)/t17-,18-/m0/s1. The van der Waals surface area contributed by atoms with Crippen LogP contribution < -0.4 is 10.6 Å². The van der Waals surface area contributed by atoms with Crippen LogP contribution in [0.3, 0.4) is 0 Å². The number of rotatable bonds is 12. The molecule has 0 aromatic heterocycles. The molecule has 0 unspecified atom stereocenters. The van der Waals surface area contributed by atoms with Crippen molar-refractivity contribution in [2.75, 3.05) is 0 Å². The maximum Gasteiger partial charge on any atom is 0.475 e. The molecular formula is C20H33BN2O4. The zero-order valence-electron chi connectivity index (χ0n) is 16.6. The van der Waals surface area contributed by atoms with Crippen LogP contribution in [-0.4, -0.2) is 41.0 Å². The molecule has 1 rings (SSSR count). The van der Waals surface area contributed by atoms with Gasteiger partial charge in [-0.25, -0.2) is 0 Å². The molecule has 0 saturated heterocycles. The van der Waals surface area contributed by atoms with Gasteiger partial charge in [0, 0.05) is 12.8 Å². The highest BCUT2D eigenvalue weighted by Crippen LogP contribution is 2.09. The van der Waals surface area contributed by atoms with Gasteiger partial charge in [0.05, 0.1) is 5.94 Å². The molecule has 2 atom stereocenters. The lowest BCUT2D eigenvalue weighted by Gasteiger charge is -2.24. The molecule has 0 aliphatic carbocycles. The van der Waals surface area contributed by atoms with Gasteiger partial charge in [-0.05, 0) is 24.3 Å². The molecule has 4 N–H and O–H groups in total. The summed E-state index contributed by atoms with van der Waals surface area (Å²) in [5, 5.41) is 24.6. The third-order valence-corrected chi connectivity index (χ3v) is 4.35. The van der Waals surface area contributed by atoms with Gasteiger partial charge < -0.3 is 20.7 Å². The van der Waals surface area contributed by atoms with E-state index in [2.05, 4.69) is 17.6 Å². The molecule has 0 bridgehead atoms. The molecule has 1 aromatic rings. The van der Waals surface area contributed by atoms with Crippen LogP contribution in [0.15, 0.2) is 30.3 Å². The quantitative estimate of drug-likeness (QED) is 0.330. The number of amides is 2. The van der Waals surface area contributed by atoms with E-state index < -0.39 is 25.0 Å². The van der Waals surface area contributed by atoms with Crippen molar-refractivity contribution in [2.24, 2.45) is 5.92 Å². The van der Waals surface area contributed by atoms with Gasteiger partial charge >= 0.3 is 7.12 Å². The SMILES string of the molecule is CCCCCC(=O)N[C@@H](Cc1ccccc1)C(=O)N[C@@H](CC(C)C)B(O)O. The third kappa shape index (κ3) is 9.59. The molecule has 0 heterocycles. The van der Waals surface area contributed by atoms with E-state index in [0.717, 1.165) is 24.8 Å². The van der Waals surface area contributed by atoms with E-state index in [-0.39, 0.29) is 11.8 Å². The topological polar surface area (TPSA) is 98.7 Å². The molecular weight excluding hydrogens is 343 g/mol. The van der Waals surface area contributed by atoms with Crippen molar-refractivity contribution in [1.29, 1.82) is 0 Å².